The summed E-state index contributed by atoms with van der Waals surface area (Å²) in [6.45, 7) is 4.58. The van der Waals surface area contributed by atoms with Crippen LogP contribution in [0.1, 0.15) is 19.4 Å². The predicted octanol–water partition coefficient (Wildman–Crippen LogP) is 3.93. The Morgan fingerprint density at radius 1 is 1.19 bits per heavy atom. The number of esters is 1. The fourth-order valence-electron chi connectivity index (χ4n) is 2.21. The molecule has 0 atom stereocenters. The number of benzene rings is 2. The molecular weight excluding hydrogens is 381 g/mol. The second kappa shape index (κ2) is 8.05. The SMILES string of the molecule is Cc1ccc(S(=O)(=O)N(CC(=O)OC(C)C)c2ccc(F)c(Cl)c2)cc1. The van der Waals surface area contributed by atoms with E-state index >= 15 is 0 Å². The number of nitrogens with zero attached hydrogens (tertiary/aromatic N) is 1. The highest BCUT2D eigenvalue weighted by molar-refractivity contribution is 7.92. The quantitative estimate of drug-likeness (QED) is 0.690. The summed E-state index contributed by atoms with van der Waals surface area (Å²) in [5, 5.41) is -0.246. The first kappa shape index (κ1) is 20.2. The topological polar surface area (TPSA) is 63.7 Å². The van der Waals surface area contributed by atoms with Gasteiger partial charge < -0.3 is 4.74 Å². The van der Waals surface area contributed by atoms with Crippen molar-refractivity contribution < 1.29 is 22.3 Å². The molecule has 0 amide bonds. The second-order valence-corrected chi connectivity index (χ2v) is 8.23. The third-order valence-electron chi connectivity index (χ3n) is 3.44. The lowest BCUT2D eigenvalue weighted by Gasteiger charge is -2.24. The van der Waals surface area contributed by atoms with Gasteiger partial charge in [-0.1, -0.05) is 29.3 Å². The van der Waals surface area contributed by atoms with Crippen LogP contribution >= 0.6 is 11.6 Å². The summed E-state index contributed by atoms with van der Waals surface area (Å²) in [6.07, 6.45) is -0.400. The molecule has 26 heavy (non-hydrogen) atoms. The first-order valence-corrected chi connectivity index (χ1v) is 9.67. The Balaban J connectivity index is 2.49. The number of carbonyl (C=O) groups excluding carboxylic acids is 1. The second-order valence-electron chi connectivity index (χ2n) is 5.96. The van der Waals surface area contributed by atoms with E-state index in [9.17, 15) is 17.6 Å². The monoisotopic (exact) mass is 399 g/mol. The van der Waals surface area contributed by atoms with Crippen LogP contribution in [0.2, 0.25) is 5.02 Å². The zero-order valence-electron chi connectivity index (χ0n) is 14.6. The van der Waals surface area contributed by atoms with Gasteiger partial charge in [0.1, 0.15) is 12.4 Å². The van der Waals surface area contributed by atoms with Gasteiger partial charge in [-0.05, 0) is 51.1 Å². The van der Waals surface area contributed by atoms with Gasteiger partial charge >= 0.3 is 5.97 Å². The molecule has 0 fully saturated rings. The number of anilines is 1. The third-order valence-corrected chi connectivity index (χ3v) is 5.52. The Morgan fingerprint density at radius 3 is 2.35 bits per heavy atom. The number of hydrogen-bond acceptors (Lipinski definition) is 4. The van der Waals surface area contributed by atoms with Crippen molar-refractivity contribution in [3.63, 3.8) is 0 Å². The number of carbonyl (C=O) groups is 1. The van der Waals surface area contributed by atoms with Gasteiger partial charge in [0.05, 0.1) is 21.7 Å². The lowest BCUT2D eigenvalue weighted by atomic mass is 10.2. The highest BCUT2D eigenvalue weighted by Gasteiger charge is 2.28. The molecule has 0 spiro atoms. The van der Waals surface area contributed by atoms with Crippen LogP contribution < -0.4 is 4.31 Å². The molecule has 0 bridgehead atoms. The van der Waals surface area contributed by atoms with Crippen molar-refractivity contribution in [1.29, 1.82) is 0 Å². The van der Waals surface area contributed by atoms with Crippen molar-refractivity contribution in [3.05, 3.63) is 58.9 Å². The van der Waals surface area contributed by atoms with E-state index in [0.717, 1.165) is 22.0 Å². The lowest BCUT2D eigenvalue weighted by Crippen LogP contribution is -2.37. The molecule has 0 saturated heterocycles. The highest BCUT2D eigenvalue weighted by atomic mass is 35.5. The van der Waals surface area contributed by atoms with E-state index in [4.69, 9.17) is 16.3 Å². The lowest BCUT2D eigenvalue weighted by molar-refractivity contribution is -0.145. The molecule has 2 aromatic carbocycles. The first-order chi connectivity index (χ1) is 12.1. The number of aryl methyl sites for hydroxylation is 1. The maximum atomic E-state index is 13.5. The molecule has 140 valence electrons. The molecule has 0 aliphatic rings. The molecule has 2 aromatic rings. The number of ether oxygens (including phenoxy) is 1. The summed E-state index contributed by atoms with van der Waals surface area (Å²) in [6, 6.07) is 9.63. The average molecular weight is 400 g/mol. The fraction of sp³-hybridized carbons (Fsp3) is 0.278. The molecule has 0 heterocycles. The van der Waals surface area contributed by atoms with Crippen LogP contribution in [-0.4, -0.2) is 27.0 Å². The van der Waals surface area contributed by atoms with Gasteiger partial charge in [0.2, 0.25) is 0 Å². The highest BCUT2D eigenvalue weighted by Crippen LogP contribution is 2.28. The van der Waals surface area contributed by atoms with E-state index in [1.165, 1.54) is 18.2 Å². The van der Waals surface area contributed by atoms with Gasteiger partial charge in [-0.3, -0.25) is 9.10 Å². The summed E-state index contributed by atoms with van der Waals surface area (Å²) >= 11 is 5.78. The summed E-state index contributed by atoms with van der Waals surface area (Å²) in [5.74, 6) is -1.41. The first-order valence-electron chi connectivity index (χ1n) is 7.85. The summed E-state index contributed by atoms with van der Waals surface area (Å²) in [4.78, 5) is 12.1. The number of halogens is 2. The van der Waals surface area contributed by atoms with Crippen LogP contribution in [0.3, 0.4) is 0 Å². The summed E-state index contributed by atoms with van der Waals surface area (Å²) in [7, 11) is -4.08. The van der Waals surface area contributed by atoms with Crippen LogP contribution in [0.25, 0.3) is 0 Å². The molecule has 5 nitrogen and oxygen atoms in total. The number of rotatable bonds is 6. The predicted molar refractivity (Wildman–Crippen MR) is 98.3 cm³/mol. The van der Waals surface area contributed by atoms with Crippen molar-refractivity contribution in [1.82, 2.24) is 0 Å². The molecule has 0 aromatic heterocycles. The van der Waals surface area contributed by atoms with Crippen molar-refractivity contribution >= 4 is 33.3 Å². The Labute approximate surface area is 157 Å². The minimum absolute atomic E-state index is 0.000828. The number of hydrogen-bond donors (Lipinski definition) is 0. The standard InChI is InChI=1S/C18H19ClFNO4S/c1-12(2)25-18(22)11-21(14-6-9-17(20)16(19)10-14)26(23,24)15-7-4-13(3)5-8-15/h4-10,12H,11H2,1-3H3. The van der Waals surface area contributed by atoms with E-state index in [-0.39, 0.29) is 15.6 Å². The normalized spacial score (nSPS) is 11.5. The molecule has 0 N–H and O–H groups in total. The van der Waals surface area contributed by atoms with Gasteiger partial charge in [-0.2, -0.15) is 0 Å². The van der Waals surface area contributed by atoms with E-state index in [2.05, 4.69) is 0 Å². The van der Waals surface area contributed by atoms with Crippen molar-refractivity contribution in [2.75, 3.05) is 10.8 Å². The largest absolute Gasteiger partial charge is 0.462 e. The van der Waals surface area contributed by atoms with Gasteiger partial charge in [0.15, 0.2) is 0 Å². The maximum absolute atomic E-state index is 13.5. The minimum Gasteiger partial charge on any atom is -0.462 e. The Hall–Kier alpha value is -2.12. The van der Waals surface area contributed by atoms with Gasteiger partial charge in [0, 0.05) is 0 Å². The molecule has 0 aliphatic carbocycles. The minimum atomic E-state index is -4.08. The molecule has 8 heteroatoms. The zero-order valence-corrected chi connectivity index (χ0v) is 16.1. The summed E-state index contributed by atoms with van der Waals surface area (Å²) in [5.41, 5.74) is 0.956. The molecule has 0 aliphatic heterocycles. The van der Waals surface area contributed by atoms with Gasteiger partial charge in [-0.25, -0.2) is 12.8 Å². The van der Waals surface area contributed by atoms with E-state index in [1.54, 1.807) is 26.0 Å². The zero-order chi connectivity index (χ0) is 19.5. The van der Waals surface area contributed by atoms with Crippen LogP contribution in [-0.2, 0) is 19.6 Å². The van der Waals surface area contributed by atoms with E-state index in [1.807, 2.05) is 6.92 Å². The van der Waals surface area contributed by atoms with Crippen LogP contribution in [0.15, 0.2) is 47.4 Å². The molecule has 0 unspecified atom stereocenters. The molecule has 0 radical (unpaired) electrons. The fourth-order valence-corrected chi connectivity index (χ4v) is 3.79. The van der Waals surface area contributed by atoms with E-state index < -0.39 is 34.5 Å². The van der Waals surface area contributed by atoms with Gasteiger partial charge in [0.25, 0.3) is 10.0 Å². The smallest absolute Gasteiger partial charge is 0.327 e. The molecule has 2 rings (SSSR count). The maximum Gasteiger partial charge on any atom is 0.327 e. The average Bonchev–Trinajstić information content (AvgIpc) is 2.55. The molecule has 0 saturated carbocycles. The van der Waals surface area contributed by atoms with Crippen molar-refractivity contribution in [2.24, 2.45) is 0 Å². The third kappa shape index (κ3) is 4.74. The Morgan fingerprint density at radius 2 is 1.81 bits per heavy atom. The Kier molecular flexibility index (Phi) is 6.26. The van der Waals surface area contributed by atoms with Crippen LogP contribution in [0.5, 0.6) is 0 Å². The van der Waals surface area contributed by atoms with Crippen molar-refractivity contribution in [3.8, 4) is 0 Å². The number of sulfonamides is 1. The summed E-state index contributed by atoms with van der Waals surface area (Å²) < 4.78 is 45.5. The molecular formula is C18H19ClFNO4S. The van der Waals surface area contributed by atoms with Gasteiger partial charge in [-0.15, -0.1) is 0 Å². The van der Waals surface area contributed by atoms with Crippen LogP contribution in [0.4, 0.5) is 10.1 Å². The van der Waals surface area contributed by atoms with Crippen molar-refractivity contribution in [2.45, 2.75) is 31.8 Å². The van der Waals surface area contributed by atoms with E-state index in [0.29, 0.717) is 0 Å². The van der Waals surface area contributed by atoms with Crippen LogP contribution in [0, 0.1) is 12.7 Å². The Bertz CT molecular complexity index is 898.